The number of aromatic nitrogens is 2. The standard InChI is InChI=1S/C17H18N4O2/c18-17(7-1-2-8-17)16(22)19-11-5-6-12-13(10-11)21-15(20-12)14-4-3-9-23-14/h3-6,9-10H,1-2,7-8,18H2,(H,19,22)(H,20,21). The Morgan fingerprint density at radius 3 is 2.87 bits per heavy atom. The van der Waals surface area contributed by atoms with Crippen LogP contribution in [0.4, 0.5) is 5.69 Å². The zero-order valence-corrected chi connectivity index (χ0v) is 12.6. The van der Waals surface area contributed by atoms with Crippen LogP contribution in [0.1, 0.15) is 25.7 Å². The molecule has 1 aliphatic rings. The van der Waals surface area contributed by atoms with Gasteiger partial charge in [0.05, 0.1) is 22.8 Å². The Bertz CT molecular complexity index is 845. The summed E-state index contributed by atoms with van der Waals surface area (Å²) in [5.41, 5.74) is 7.83. The van der Waals surface area contributed by atoms with Crippen LogP contribution in [0.5, 0.6) is 0 Å². The number of hydrogen-bond donors (Lipinski definition) is 3. The first kappa shape index (κ1) is 14.0. The first-order valence-electron chi connectivity index (χ1n) is 7.78. The van der Waals surface area contributed by atoms with E-state index in [-0.39, 0.29) is 5.91 Å². The van der Waals surface area contributed by atoms with E-state index < -0.39 is 5.54 Å². The number of hydrogen-bond acceptors (Lipinski definition) is 4. The summed E-state index contributed by atoms with van der Waals surface area (Å²) in [6.45, 7) is 0. The molecule has 6 nitrogen and oxygen atoms in total. The molecule has 1 saturated carbocycles. The van der Waals surface area contributed by atoms with Gasteiger partial charge in [-0.3, -0.25) is 4.79 Å². The summed E-state index contributed by atoms with van der Waals surface area (Å²) in [4.78, 5) is 20.1. The Labute approximate surface area is 133 Å². The van der Waals surface area contributed by atoms with E-state index in [1.165, 1.54) is 0 Å². The molecule has 2 heterocycles. The minimum atomic E-state index is -0.734. The number of carbonyl (C=O) groups is 1. The Balaban J connectivity index is 1.60. The van der Waals surface area contributed by atoms with E-state index in [1.807, 2.05) is 30.3 Å². The van der Waals surface area contributed by atoms with E-state index in [0.717, 1.165) is 36.7 Å². The molecular formula is C17H18N4O2. The molecule has 0 radical (unpaired) electrons. The van der Waals surface area contributed by atoms with Gasteiger partial charge >= 0.3 is 0 Å². The van der Waals surface area contributed by atoms with Gasteiger partial charge in [0.2, 0.25) is 5.91 Å². The van der Waals surface area contributed by atoms with Crippen LogP contribution >= 0.6 is 0 Å². The van der Waals surface area contributed by atoms with Gasteiger partial charge in [0.1, 0.15) is 0 Å². The number of rotatable bonds is 3. The van der Waals surface area contributed by atoms with E-state index >= 15 is 0 Å². The molecule has 3 aromatic rings. The Kier molecular flexibility index (Phi) is 3.20. The second-order valence-corrected chi connectivity index (χ2v) is 6.11. The highest BCUT2D eigenvalue weighted by Gasteiger charge is 2.36. The fourth-order valence-corrected chi connectivity index (χ4v) is 3.11. The Hall–Kier alpha value is -2.60. The third-order valence-corrected chi connectivity index (χ3v) is 4.44. The molecule has 0 aliphatic heterocycles. The van der Waals surface area contributed by atoms with Crippen molar-refractivity contribution in [3.8, 4) is 11.6 Å². The summed E-state index contributed by atoms with van der Waals surface area (Å²) in [7, 11) is 0. The molecule has 0 spiro atoms. The number of benzene rings is 1. The van der Waals surface area contributed by atoms with E-state index in [1.54, 1.807) is 6.26 Å². The third kappa shape index (κ3) is 2.51. The molecule has 0 unspecified atom stereocenters. The molecule has 0 bridgehead atoms. The maximum absolute atomic E-state index is 12.4. The number of aromatic amines is 1. The smallest absolute Gasteiger partial charge is 0.244 e. The van der Waals surface area contributed by atoms with Crippen molar-refractivity contribution in [1.82, 2.24) is 9.97 Å². The van der Waals surface area contributed by atoms with Gasteiger partial charge < -0.3 is 20.5 Å². The number of anilines is 1. The fourth-order valence-electron chi connectivity index (χ4n) is 3.11. The number of nitrogens with two attached hydrogens (primary N) is 1. The van der Waals surface area contributed by atoms with Crippen LogP contribution in [0.15, 0.2) is 41.0 Å². The van der Waals surface area contributed by atoms with Crippen molar-refractivity contribution in [1.29, 1.82) is 0 Å². The number of H-pyrrole nitrogens is 1. The zero-order chi connectivity index (χ0) is 15.9. The highest BCUT2D eigenvalue weighted by molar-refractivity contribution is 5.99. The lowest BCUT2D eigenvalue weighted by molar-refractivity contribution is -0.121. The molecule has 6 heteroatoms. The molecule has 0 saturated heterocycles. The van der Waals surface area contributed by atoms with Crippen LogP contribution in [0.3, 0.4) is 0 Å². The summed E-state index contributed by atoms with van der Waals surface area (Å²) >= 11 is 0. The normalized spacial score (nSPS) is 16.7. The number of carbonyl (C=O) groups excluding carboxylic acids is 1. The first-order valence-corrected chi connectivity index (χ1v) is 7.78. The number of imidazole rings is 1. The number of amides is 1. The Morgan fingerprint density at radius 1 is 1.30 bits per heavy atom. The lowest BCUT2D eigenvalue weighted by Gasteiger charge is -2.22. The molecule has 118 valence electrons. The number of nitrogens with zero attached hydrogens (tertiary/aromatic N) is 1. The van der Waals surface area contributed by atoms with Gasteiger partial charge in [-0.15, -0.1) is 0 Å². The van der Waals surface area contributed by atoms with Gasteiger partial charge in [-0.2, -0.15) is 0 Å². The minimum absolute atomic E-state index is 0.111. The maximum atomic E-state index is 12.4. The van der Waals surface area contributed by atoms with Crippen molar-refractivity contribution in [2.24, 2.45) is 5.73 Å². The number of fused-ring (bicyclic) bond motifs is 1. The number of nitrogens with one attached hydrogen (secondary N) is 2. The van der Waals surface area contributed by atoms with Crippen molar-refractivity contribution in [2.75, 3.05) is 5.32 Å². The van der Waals surface area contributed by atoms with Gasteiger partial charge in [0.25, 0.3) is 0 Å². The third-order valence-electron chi connectivity index (χ3n) is 4.44. The highest BCUT2D eigenvalue weighted by atomic mass is 16.3. The summed E-state index contributed by atoms with van der Waals surface area (Å²) < 4.78 is 5.34. The molecule has 23 heavy (non-hydrogen) atoms. The fraction of sp³-hybridized carbons (Fsp3) is 0.294. The average Bonchev–Trinajstić information content (AvgIpc) is 3.27. The van der Waals surface area contributed by atoms with E-state index in [0.29, 0.717) is 17.3 Å². The summed E-state index contributed by atoms with van der Waals surface area (Å²) in [5, 5.41) is 2.93. The zero-order valence-electron chi connectivity index (χ0n) is 12.6. The average molecular weight is 310 g/mol. The predicted octanol–water partition coefficient (Wildman–Crippen LogP) is 3.03. The van der Waals surface area contributed by atoms with E-state index in [4.69, 9.17) is 10.2 Å². The van der Waals surface area contributed by atoms with Gasteiger partial charge in [0.15, 0.2) is 11.6 Å². The molecule has 0 atom stereocenters. The van der Waals surface area contributed by atoms with Crippen LogP contribution in [0, 0.1) is 0 Å². The Morgan fingerprint density at radius 2 is 2.13 bits per heavy atom. The summed E-state index contributed by atoms with van der Waals surface area (Å²) in [5.74, 6) is 1.23. The second kappa shape index (κ2) is 5.24. The first-order chi connectivity index (χ1) is 11.1. The van der Waals surface area contributed by atoms with Crippen LogP contribution in [0.25, 0.3) is 22.6 Å². The van der Waals surface area contributed by atoms with E-state index in [2.05, 4.69) is 15.3 Å². The molecule has 1 aliphatic carbocycles. The summed E-state index contributed by atoms with van der Waals surface area (Å²) in [6.07, 6.45) is 5.12. The lowest BCUT2D eigenvalue weighted by Crippen LogP contribution is -2.48. The molecule has 4 N–H and O–H groups in total. The second-order valence-electron chi connectivity index (χ2n) is 6.11. The maximum Gasteiger partial charge on any atom is 0.244 e. The van der Waals surface area contributed by atoms with Crippen molar-refractivity contribution in [3.05, 3.63) is 36.6 Å². The van der Waals surface area contributed by atoms with Gasteiger partial charge in [-0.1, -0.05) is 12.8 Å². The topological polar surface area (TPSA) is 96.9 Å². The van der Waals surface area contributed by atoms with Crippen LogP contribution in [-0.2, 0) is 4.79 Å². The van der Waals surface area contributed by atoms with Crippen LogP contribution in [-0.4, -0.2) is 21.4 Å². The highest BCUT2D eigenvalue weighted by Crippen LogP contribution is 2.29. The molecular weight excluding hydrogens is 292 g/mol. The van der Waals surface area contributed by atoms with Crippen LogP contribution < -0.4 is 11.1 Å². The molecule has 4 rings (SSSR count). The van der Waals surface area contributed by atoms with E-state index in [9.17, 15) is 4.79 Å². The van der Waals surface area contributed by atoms with Gasteiger partial charge in [-0.25, -0.2) is 4.98 Å². The lowest BCUT2D eigenvalue weighted by atomic mass is 9.98. The van der Waals surface area contributed by atoms with Crippen molar-refractivity contribution in [2.45, 2.75) is 31.2 Å². The molecule has 1 fully saturated rings. The summed E-state index contributed by atoms with van der Waals surface area (Å²) in [6, 6.07) is 9.23. The number of furan rings is 1. The molecule has 1 amide bonds. The SMILES string of the molecule is NC1(C(=O)Nc2ccc3nc(-c4ccco4)[nH]c3c2)CCCC1. The quantitative estimate of drug-likeness (QED) is 0.692. The van der Waals surface area contributed by atoms with Crippen molar-refractivity contribution in [3.63, 3.8) is 0 Å². The van der Waals surface area contributed by atoms with Crippen molar-refractivity contribution < 1.29 is 9.21 Å². The monoisotopic (exact) mass is 310 g/mol. The van der Waals surface area contributed by atoms with Gasteiger partial charge in [-0.05, 0) is 43.2 Å². The molecule has 2 aromatic heterocycles. The molecule has 1 aromatic carbocycles. The minimum Gasteiger partial charge on any atom is -0.461 e. The van der Waals surface area contributed by atoms with Crippen molar-refractivity contribution >= 4 is 22.6 Å². The predicted molar refractivity (Wildman–Crippen MR) is 87.8 cm³/mol. The van der Waals surface area contributed by atoms with Crippen LogP contribution in [0.2, 0.25) is 0 Å². The largest absolute Gasteiger partial charge is 0.461 e. The van der Waals surface area contributed by atoms with Gasteiger partial charge in [0, 0.05) is 5.69 Å².